The second-order valence-electron chi connectivity index (χ2n) is 8.62. The first-order valence-corrected chi connectivity index (χ1v) is 10.6. The van der Waals surface area contributed by atoms with Crippen molar-refractivity contribution in [1.29, 1.82) is 0 Å². The minimum atomic E-state index is -0.304. The van der Waals surface area contributed by atoms with Gasteiger partial charge in [0.25, 0.3) is 0 Å². The highest BCUT2D eigenvalue weighted by Gasteiger charge is 2.50. The average molecular weight is 395 g/mol. The third-order valence-electron chi connectivity index (χ3n) is 6.30. The molecule has 2 aliphatic rings. The van der Waals surface area contributed by atoms with E-state index in [0.717, 1.165) is 12.8 Å². The molecular formula is C22H34O6. The molecule has 0 aromatic heterocycles. The maximum atomic E-state index is 12.5. The average Bonchev–Trinajstić information content (AvgIpc) is 2.88. The van der Waals surface area contributed by atoms with Crippen molar-refractivity contribution < 1.29 is 28.7 Å². The van der Waals surface area contributed by atoms with Gasteiger partial charge in [0.1, 0.15) is 17.7 Å². The summed E-state index contributed by atoms with van der Waals surface area (Å²) in [6.07, 6.45) is 4.71. The van der Waals surface area contributed by atoms with Gasteiger partial charge in [0.05, 0.1) is 6.10 Å². The largest absolute Gasteiger partial charge is 0.463 e. The lowest BCUT2D eigenvalue weighted by molar-refractivity contribution is -0.151. The fourth-order valence-electron chi connectivity index (χ4n) is 5.12. The van der Waals surface area contributed by atoms with E-state index in [-0.39, 0.29) is 59.4 Å². The third-order valence-corrected chi connectivity index (χ3v) is 6.30. The molecule has 0 aliphatic heterocycles. The Bertz CT molecular complexity index is 598. The molecule has 6 atom stereocenters. The lowest BCUT2D eigenvalue weighted by Crippen LogP contribution is -2.37. The fraction of sp³-hybridized carbons (Fsp3) is 0.818. The molecule has 0 bridgehead atoms. The summed E-state index contributed by atoms with van der Waals surface area (Å²) in [5, 5.41) is 0. The van der Waals surface area contributed by atoms with Crippen molar-refractivity contribution in [3.05, 3.63) is 0 Å². The molecule has 2 rings (SSSR count). The summed E-state index contributed by atoms with van der Waals surface area (Å²) < 4.78 is 10.6. The van der Waals surface area contributed by atoms with Crippen molar-refractivity contribution in [3.8, 4) is 0 Å². The van der Waals surface area contributed by atoms with Crippen molar-refractivity contribution in [2.45, 2.75) is 91.3 Å². The van der Waals surface area contributed by atoms with E-state index in [0.29, 0.717) is 38.5 Å². The number of ether oxygens (including phenoxy) is 2. The topological polar surface area (TPSA) is 86.7 Å². The zero-order valence-corrected chi connectivity index (χ0v) is 17.6. The summed E-state index contributed by atoms with van der Waals surface area (Å²) in [6.45, 7) is 6.73. The van der Waals surface area contributed by atoms with Gasteiger partial charge in [0, 0.05) is 44.9 Å². The first kappa shape index (κ1) is 22.6. The second kappa shape index (κ2) is 10.2. The van der Waals surface area contributed by atoms with E-state index in [1.807, 2.05) is 6.92 Å². The van der Waals surface area contributed by atoms with Gasteiger partial charge in [-0.1, -0.05) is 6.92 Å². The standard InChI is InChI=1S/C22H34O6/c1-13-12-20-18(21(26)11-10-19(20)22(13)28-16(4)24)9-8-17(25)7-5-6-14(2)27-15(3)23/h13-14,18-20,22H,5-12H2,1-4H3/t13-,14-,18?,19?,20?,22+/m1/s1. The maximum absolute atomic E-state index is 12.5. The second-order valence-corrected chi connectivity index (χ2v) is 8.62. The number of hydrogen-bond donors (Lipinski definition) is 0. The van der Waals surface area contributed by atoms with Crippen LogP contribution in [0.25, 0.3) is 0 Å². The quantitative estimate of drug-likeness (QED) is 0.555. The highest BCUT2D eigenvalue weighted by atomic mass is 16.5. The van der Waals surface area contributed by atoms with Crippen LogP contribution in [0.3, 0.4) is 0 Å². The number of Topliss-reactive ketones (excluding diaryl/α,β-unsaturated/α-hetero) is 2. The van der Waals surface area contributed by atoms with Crippen LogP contribution in [0.5, 0.6) is 0 Å². The first-order valence-electron chi connectivity index (χ1n) is 10.6. The van der Waals surface area contributed by atoms with Crippen LogP contribution >= 0.6 is 0 Å². The number of carbonyl (C=O) groups excluding carboxylic acids is 4. The van der Waals surface area contributed by atoms with Gasteiger partial charge < -0.3 is 9.47 Å². The number of rotatable bonds is 9. The zero-order chi connectivity index (χ0) is 20.8. The molecular weight excluding hydrogens is 360 g/mol. The Balaban J connectivity index is 1.82. The van der Waals surface area contributed by atoms with Crippen molar-refractivity contribution >= 4 is 23.5 Å². The van der Waals surface area contributed by atoms with E-state index in [9.17, 15) is 19.2 Å². The van der Waals surface area contributed by atoms with E-state index in [1.165, 1.54) is 13.8 Å². The summed E-state index contributed by atoms with van der Waals surface area (Å²) in [4.78, 5) is 47.1. The predicted molar refractivity (Wildman–Crippen MR) is 103 cm³/mol. The van der Waals surface area contributed by atoms with Gasteiger partial charge in [-0.15, -0.1) is 0 Å². The van der Waals surface area contributed by atoms with Gasteiger partial charge in [-0.05, 0) is 50.9 Å². The Morgan fingerprint density at radius 3 is 2.46 bits per heavy atom. The lowest BCUT2D eigenvalue weighted by atomic mass is 9.70. The van der Waals surface area contributed by atoms with E-state index in [2.05, 4.69) is 6.92 Å². The molecule has 0 amide bonds. The van der Waals surface area contributed by atoms with Crippen LogP contribution in [-0.4, -0.2) is 35.7 Å². The van der Waals surface area contributed by atoms with Crippen molar-refractivity contribution in [2.24, 2.45) is 23.7 Å². The number of carbonyl (C=O) groups is 4. The van der Waals surface area contributed by atoms with Crippen LogP contribution in [0.2, 0.25) is 0 Å². The van der Waals surface area contributed by atoms with Gasteiger partial charge in [-0.25, -0.2) is 0 Å². The number of esters is 2. The fourth-order valence-corrected chi connectivity index (χ4v) is 5.12. The Hall–Kier alpha value is -1.72. The third kappa shape index (κ3) is 6.14. The van der Waals surface area contributed by atoms with E-state index in [1.54, 1.807) is 0 Å². The minimum Gasteiger partial charge on any atom is -0.463 e. The van der Waals surface area contributed by atoms with Gasteiger partial charge in [0.2, 0.25) is 0 Å². The highest BCUT2D eigenvalue weighted by molar-refractivity contribution is 5.84. The van der Waals surface area contributed by atoms with E-state index < -0.39 is 0 Å². The van der Waals surface area contributed by atoms with Crippen LogP contribution in [-0.2, 0) is 28.7 Å². The summed E-state index contributed by atoms with van der Waals surface area (Å²) in [6, 6.07) is 0. The Morgan fingerprint density at radius 1 is 1.11 bits per heavy atom. The van der Waals surface area contributed by atoms with E-state index >= 15 is 0 Å². The normalized spacial score (nSPS) is 30.4. The van der Waals surface area contributed by atoms with Crippen molar-refractivity contribution in [2.75, 3.05) is 0 Å². The monoisotopic (exact) mass is 394 g/mol. The van der Waals surface area contributed by atoms with Gasteiger partial charge in [-0.2, -0.15) is 0 Å². The molecule has 3 unspecified atom stereocenters. The molecule has 0 spiro atoms. The molecule has 0 aromatic rings. The number of fused-ring (bicyclic) bond motifs is 1. The molecule has 0 aromatic carbocycles. The molecule has 6 nitrogen and oxygen atoms in total. The van der Waals surface area contributed by atoms with Crippen LogP contribution in [0.4, 0.5) is 0 Å². The lowest BCUT2D eigenvalue weighted by Gasteiger charge is -2.34. The van der Waals surface area contributed by atoms with Crippen LogP contribution < -0.4 is 0 Å². The Kier molecular flexibility index (Phi) is 8.20. The first-order chi connectivity index (χ1) is 13.2. The molecule has 2 fully saturated rings. The Morgan fingerprint density at radius 2 is 1.82 bits per heavy atom. The van der Waals surface area contributed by atoms with Gasteiger partial charge in [-0.3, -0.25) is 19.2 Å². The van der Waals surface area contributed by atoms with Gasteiger partial charge >= 0.3 is 11.9 Å². The molecule has 0 N–H and O–H groups in total. The summed E-state index contributed by atoms with van der Waals surface area (Å²) in [5.41, 5.74) is 0. The van der Waals surface area contributed by atoms with Crippen molar-refractivity contribution in [3.63, 3.8) is 0 Å². The molecule has 6 heteroatoms. The molecule has 0 radical (unpaired) electrons. The minimum absolute atomic E-state index is 0.0920. The predicted octanol–water partition coefficient (Wildman–Crippen LogP) is 3.64. The van der Waals surface area contributed by atoms with Crippen molar-refractivity contribution in [1.82, 2.24) is 0 Å². The van der Waals surface area contributed by atoms with E-state index in [4.69, 9.17) is 9.47 Å². The molecule has 28 heavy (non-hydrogen) atoms. The SMILES string of the molecule is CC(=O)O[C@H](C)CCCC(=O)CCC1C(=O)CCC2C1C[C@@H](C)[C@@H]2OC(C)=O. The highest BCUT2D eigenvalue weighted by Crippen LogP contribution is 2.49. The number of hydrogen-bond acceptors (Lipinski definition) is 6. The molecule has 0 heterocycles. The van der Waals surface area contributed by atoms with Crippen LogP contribution in [0.1, 0.15) is 79.1 Å². The van der Waals surface area contributed by atoms with Crippen LogP contribution in [0, 0.1) is 23.7 Å². The Labute approximate surface area is 167 Å². The summed E-state index contributed by atoms with van der Waals surface area (Å²) >= 11 is 0. The maximum Gasteiger partial charge on any atom is 0.302 e. The molecule has 0 saturated heterocycles. The molecule has 158 valence electrons. The van der Waals surface area contributed by atoms with Gasteiger partial charge in [0.15, 0.2) is 0 Å². The summed E-state index contributed by atoms with van der Waals surface area (Å²) in [7, 11) is 0. The summed E-state index contributed by atoms with van der Waals surface area (Å²) in [5.74, 6) is 0.474. The smallest absolute Gasteiger partial charge is 0.302 e. The zero-order valence-electron chi connectivity index (χ0n) is 17.6. The van der Waals surface area contributed by atoms with Crippen LogP contribution in [0.15, 0.2) is 0 Å². The molecule has 2 aliphatic carbocycles. The molecule has 2 saturated carbocycles. The number of ketones is 2.